The summed E-state index contributed by atoms with van der Waals surface area (Å²) in [6.07, 6.45) is 0.774. The number of ether oxygens (including phenoxy) is 1. The Kier molecular flexibility index (Phi) is 5.09. The van der Waals surface area contributed by atoms with Gasteiger partial charge < -0.3 is 15.4 Å². The largest absolute Gasteiger partial charge is 0.489 e. The third-order valence-electron chi connectivity index (χ3n) is 4.36. The van der Waals surface area contributed by atoms with Crippen molar-refractivity contribution in [1.82, 2.24) is 21.5 Å². The molecular formula is C16H23FN4O2. The molecule has 4 N–H and O–H groups in total. The molecule has 7 heteroatoms. The summed E-state index contributed by atoms with van der Waals surface area (Å²) in [4.78, 5) is 12.4. The first kappa shape index (κ1) is 16.2. The van der Waals surface area contributed by atoms with E-state index in [4.69, 9.17) is 4.74 Å². The number of hydrogen-bond acceptors (Lipinski definition) is 5. The van der Waals surface area contributed by atoms with Crippen LogP contribution in [0.4, 0.5) is 4.39 Å². The van der Waals surface area contributed by atoms with Crippen LogP contribution in [0.15, 0.2) is 24.3 Å². The van der Waals surface area contributed by atoms with Crippen LogP contribution in [-0.4, -0.2) is 43.7 Å². The molecule has 4 unspecified atom stereocenters. The van der Waals surface area contributed by atoms with Gasteiger partial charge in [0.05, 0.1) is 6.54 Å². The third kappa shape index (κ3) is 3.99. The normalized spacial score (nSPS) is 28.0. The number of fused-ring (bicyclic) bond motifs is 1. The van der Waals surface area contributed by atoms with Crippen molar-refractivity contribution < 1.29 is 13.9 Å². The van der Waals surface area contributed by atoms with Gasteiger partial charge in [0, 0.05) is 24.6 Å². The molecular weight excluding hydrogens is 299 g/mol. The van der Waals surface area contributed by atoms with E-state index < -0.39 is 0 Å². The number of carbonyl (C=O) groups excluding carboxylic acids is 1. The van der Waals surface area contributed by atoms with Gasteiger partial charge in [0.2, 0.25) is 5.91 Å². The van der Waals surface area contributed by atoms with Crippen molar-refractivity contribution in [2.75, 3.05) is 19.6 Å². The molecule has 1 aromatic rings. The second-order valence-electron chi connectivity index (χ2n) is 6.16. The maximum Gasteiger partial charge on any atom is 0.239 e. The van der Waals surface area contributed by atoms with E-state index in [2.05, 4.69) is 21.5 Å². The van der Waals surface area contributed by atoms with Crippen LogP contribution in [0.3, 0.4) is 0 Å². The standard InChI is InChI=1S/C16H23FN4O2/c1-10(23-12-4-2-3-11(17)7-12)8-19-16(22)15-13-9-18-6-5-14(13)20-21-15/h2-4,7,10,13-15,18,20-21H,5-6,8-9H2,1H3,(H,19,22). The van der Waals surface area contributed by atoms with Crippen LogP contribution in [0.25, 0.3) is 0 Å². The monoisotopic (exact) mass is 322 g/mol. The van der Waals surface area contributed by atoms with E-state index in [1.807, 2.05) is 6.92 Å². The highest BCUT2D eigenvalue weighted by atomic mass is 19.1. The molecule has 0 bridgehead atoms. The Balaban J connectivity index is 1.47. The Morgan fingerprint density at radius 2 is 2.35 bits per heavy atom. The van der Waals surface area contributed by atoms with E-state index >= 15 is 0 Å². The van der Waals surface area contributed by atoms with Crippen LogP contribution in [0.5, 0.6) is 5.75 Å². The van der Waals surface area contributed by atoms with Crippen molar-refractivity contribution in [3.63, 3.8) is 0 Å². The van der Waals surface area contributed by atoms with Gasteiger partial charge in [-0.25, -0.2) is 9.82 Å². The van der Waals surface area contributed by atoms with Crippen molar-refractivity contribution in [2.45, 2.75) is 31.5 Å². The summed E-state index contributed by atoms with van der Waals surface area (Å²) in [7, 11) is 0. The van der Waals surface area contributed by atoms with Crippen molar-refractivity contribution in [2.24, 2.45) is 5.92 Å². The van der Waals surface area contributed by atoms with Crippen molar-refractivity contribution >= 4 is 5.91 Å². The second-order valence-corrected chi connectivity index (χ2v) is 6.16. The van der Waals surface area contributed by atoms with E-state index in [-0.39, 0.29) is 29.8 Å². The lowest BCUT2D eigenvalue weighted by molar-refractivity contribution is -0.124. The minimum Gasteiger partial charge on any atom is -0.489 e. The van der Waals surface area contributed by atoms with Gasteiger partial charge in [0.25, 0.3) is 0 Å². The number of hydrazine groups is 1. The van der Waals surface area contributed by atoms with Gasteiger partial charge in [-0.3, -0.25) is 10.2 Å². The highest BCUT2D eigenvalue weighted by Gasteiger charge is 2.40. The number of hydrogen-bond donors (Lipinski definition) is 4. The zero-order chi connectivity index (χ0) is 16.2. The first-order valence-electron chi connectivity index (χ1n) is 8.05. The number of rotatable bonds is 5. The Bertz CT molecular complexity index is 557. The molecule has 0 aliphatic carbocycles. The van der Waals surface area contributed by atoms with Crippen molar-refractivity contribution in [3.8, 4) is 5.75 Å². The highest BCUT2D eigenvalue weighted by Crippen LogP contribution is 2.20. The fraction of sp³-hybridized carbons (Fsp3) is 0.562. The minimum atomic E-state index is -0.337. The molecule has 6 nitrogen and oxygen atoms in total. The molecule has 23 heavy (non-hydrogen) atoms. The predicted octanol–water partition coefficient (Wildman–Crippen LogP) is 0.164. The summed E-state index contributed by atoms with van der Waals surface area (Å²) in [5, 5.41) is 6.23. The van der Waals surface area contributed by atoms with Crippen molar-refractivity contribution in [3.05, 3.63) is 30.1 Å². The lowest BCUT2D eigenvalue weighted by atomic mass is 9.89. The molecule has 2 fully saturated rings. The molecule has 126 valence electrons. The summed E-state index contributed by atoms with van der Waals surface area (Å²) in [5.74, 6) is 0.339. The number of piperidine rings is 1. The summed E-state index contributed by atoms with van der Waals surface area (Å²) < 4.78 is 18.7. The molecule has 2 aliphatic heterocycles. The molecule has 3 rings (SSSR count). The lowest BCUT2D eigenvalue weighted by Gasteiger charge is -2.27. The molecule has 4 atom stereocenters. The number of carbonyl (C=O) groups is 1. The van der Waals surface area contributed by atoms with Crippen LogP contribution < -0.4 is 26.2 Å². The zero-order valence-corrected chi connectivity index (χ0v) is 13.1. The van der Waals surface area contributed by atoms with E-state index in [1.54, 1.807) is 12.1 Å². The molecule has 2 aliphatic rings. The van der Waals surface area contributed by atoms with Crippen LogP contribution >= 0.6 is 0 Å². The SMILES string of the molecule is CC(CNC(=O)C1NNC2CCNCC21)Oc1cccc(F)c1. The Morgan fingerprint density at radius 1 is 1.48 bits per heavy atom. The van der Waals surface area contributed by atoms with E-state index in [1.165, 1.54) is 12.1 Å². The molecule has 2 heterocycles. The van der Waals surface area contributed by atoms with Crippen LogP contribution in [-0.2, 0) is 4.79 Å². The Labute approximate surface area is 135 Å². The fourth-order valence-electron chi connectivity index (χ4n) is 3.14. The number of amides is 1. The fourth-order valence-corrected chi connectivity index (χ4v) is 3.14. The van der Waals surface area contributed by atoms with E-state index in [0.29, 0.717) is 18.3 Å². The number of benzene rings is 1. The van der Waals surface area contributed by atoms with Crippen LogP contribution in [0.2, 0.25) is 0 Å². The van der Waals surface area contributed by atoms with E-state index in [0.717, 1.165) is 19.5 Å². The Hall–Kier alpha value is -1.70. The van der Waals surface area contributed by atoms with Gasteiger partial charge in [0.1, 0.15) is 23.7 Å². The number of nitrogens with one attached hydrogen (secondary N) is 4. The zero-order valence-electron chi connectivity index (χ0n) is 13.1. The van der Waals surface area contributed by atoms with Gasteiger partial charge in [-0.15, -0.1) is 0 Å². The maximum absolute atomic E-state index is 13.1. The molecule has 0 spiro atoms. The summed E-state index contributed by atoms with van der Waals surface area (Å²) in [6.45, 7) is 4.02. The summed E-state index contributed by atoms with van der Waals surface area (Å²) >= 11 is 0. The smallest absolute Gasteiger partial charge is 0.239 e. The van der Waals surface area contributed by atoms with Crippen molar-refractivity contribution in [1.29, 1.82) is 0 Å². The average molecular weight is 322 g/mol. The highest BCUT2D eigenvalue weighted by molar-refractivity contribution is 5.82. The summed E-state index contributed by atoms with van der Waals surface area (Å²) in [6, 6.07) is 6.09. The van der Waals surface area contributed by atoms with Gasteiger partial charge in [-0.1, -0.05) is 6.07 Å². The molecule has 0 saturated carbocycles. The second kappa shape index (κ2) is 7.25. The summed E-state index contributed by atoms with van der Waals surface area (Å²) in [5.41, 5.74) is 6.29. The molecule has 1 aromatic carbocycles. The molecule has 2 saturated heterocycles. The molecule has 0 radical (unpaired) electrons. The van der Waals surface area contributed by atoms with Gasteiger partial charge >= 0.3 is 0 Å². The first-order valence-corrected chi connectivity index (χ1v) is 8.05. The topological polar surface area (TPSA) is 74.4 Å². The first-order chi connectivity index (χ1) is 11.1. The average Bonchev–Trinajstić information content (AvgIpc) is 2.97. The van der Waals surface area contributed by atoms with Gasteiger partial charge in [-0.2, -0.15) is 0 Å². The van der Waals surface area contributed by atoms with Crippen LogP contribution in [0.1, 0.15) is 13.3 Å². The molecule has 0 aromatic heterocycles. The van der Waals surface area contributed by atoms with E-state index in [9.17, 15) is 9.18 Å². The quantitative estimate of drug-likeness (QED) is 0.622. The predicted molar refractivity (Wildman–Crippen MR) is 84.3 cm³/mol. The van der Waals surface area contributed by atoms with Gasteiger partial charge in [0.15, 0.2) is 0 Å². The Morgan fingerprint density at radius 3 is 3.17 bits per heavy atom. The van der Waals surface area contributed by atoms with Gasteiger partial charge in [-0.05, 0) is 32.0 Å². The maximum atomic E-state index is 13.1. The van der Waals surface area contributed by atoms with Crippen LogP contribution in [0, 0.1) is 11.7 Å². The lowest BCUT2D eigenvalue weighted by Crippen LogP contribution is -2.50. The molecule has 1 amide bonds. The minimum absolute atomic E-state index is 0.0385. The number of halogens is 1. The third-order valence-corrected chi connectivity index (χ3v) is 4.36.